The van der Waals surface area contributed by atoms with Gasteiger partial charge in [0.1, 0.15) is 4.90 Å². The molecule has 1 aromatic heterocycles. The number of hydrogen-bond acceptors (Lipinski definition) is 5. The first-order valence-electron chi connectivity index (χ1n) is 6.19. The van der Waals surface area contributed by atoms with E-state index < -0.39 is 10.0 Å². The van der Waals surface area contributed by atoms with E-state index in [0.29, 0.717) is 19.0 Å². The molecule has 19 heavy (non-hydrogen) atoms. The molecule has 0 amide bonds. The number of nitrogens with zero attached hydrogens (tertiary/aromatic N) is 3. The van der Waals surface area contributed by atoms with E-state index in [2.05, 4.69) is 15.3 Å². The van der Waals surface area contributed by atoms with Gasteiger partial charge in [-0.3, -0.25) is 0 Å². The quantitative estimate of drug-likeness (QED) is 0.889. The van der Waals surface area contributed by atoms with Crippen molar-refractivity contribution in [1.29, 1.82) is 0 Å². The molecular formula is C12H22N4O2S. The van der Waals surface area contributed by atoms with E-state index in [1.807, 2.05) is 27.7 Å². The lowest BCUT2D eigenvalue weighted by molar-refractivity contribution is 0.310. The Balaban J connectivity index is 2.93. The Morgan fingerprint density at radius 2 is 1.79 bits per heavy atom. The van der Waals surface area contributed by atoms with Gasteiger partial charge in [0.2, 0.25) is 16.0 Å². The van der Waals surface area contributed by atoms with Gasteiger partial charge >= 0.3 is 0 Å². The molecule has 1 N–H and O–H groups in total. The fraction of sp³-hybridized carbons (Fsp3) is 0.667. The lowest BCUT2D eigenvalue weighted by Gasteiger charge is -2.25. The van der Waals surface area contributed by atoms with Gasteiger partial charge in [-0.15, -0.1) is 0 Å². The van der Waals surface area contributed by atoms with Crippen LogP contribution in [0.25, 0.3) is 0 Å². The molecule has 1 aromatic rings. The van der Waals surface area contributed by atoms with Gasteiger partial charge in [0.25, 0.3) is 0 Å². The second-order valence-corrected chi connectivity index (χ2v) is 7.64. The Morgan fingerprint density at radius 1 is 1.26 bits per heavy atom. The van der Waals surface area contributed by atoms with E-state index in [4.69, 9.17) is 0 Å². The Bertz CT molecular complexity index is 506. The number of rotatable bonds is 5. The largest absolute Gasteiger partial charge is 0.355 e. The molecule has 0 aliphatic carbocycles. The summed E-state index contributed by atoms with van der Waals surface area (Å²) in [4.78, 5) is 8.08. The third kappa shape index (κ3) is 4.43. The van der Waals surface area contributed by atoms with Crippen molar-refractivity contribution in [3.63, 3.8) is 0 Å². The molecule has 1 rings (SSSR count). The highest BCUT2D eigenvalue weighted by atomic mass is 32.2. The normalized spacial score (nSPS) is 12.7. The maximum Gasteiger partial charge on any atom is 0.245 e. The van der Waals surface area contributed by atoms with Gasteiger partial charge < -0.3 is 5.32 Å². The Morgan fingerprint density at radius 3 is 2.21 bits per heavy atom. The molecule has 0 aliphatic heterocycles. The first-order chi connectivity index (χ1) is 8.66. The van der Waals surface area contributed by atoms with Crippen LogP contribution in [0.4, 0.5) is 5.95 Å². The van der Waals surface area contributed by atoms with Crippen LogP contribution >= 0.6 is 0 Å². The van der Waals surface area contributed by atoms with Crippen LogP contribution in [-0.2, 0) is 10.0 Å². The molecule has 0 radical (unpaired) electrons. The third-order valence-electron chi connectivity index (χ3n) is 2.37. The van der Waals surface area contributed by atoms with E-state index in [-0.39, 0.29) is 10.3 Å². The fourth-order valence-electron chi connectivity index (χ4n) is 1.63. The predicted octanol–water partition coefficient (Wildman–Crippen LogP) is 1.57. The van der Waals surface area contributed by atoms with E-state index >= 15 is 0 Å². The highest BCUT2D eigenvalue weighted by Gasteiger charge is 2.25. The molecule has 0 bridgehead atoms. The summed E-state index contributed by atoms with van der Waals surface area (Å²) in [6.07, 6.45) is 2.67. The van der Waals surface area contributed by atoms with Gasteiger partial charge in [-0.05, 0) is 12.3 Å². The molecule has 0 spiro atoms. The lowest BCUT2D eigenvalue weighted by atomic mass is 9.97. The van der Waals surface area contributed by atoms with Crippen LogP contribution in [0.5, 0.6) is 0 Å². The van der Waals surface area contributed by atoms with Crippen molar-refractivity contribution in [1.82, 2.24) is 14.3 Å². The van der Waals surface area contributed by atoms with Crippen LogP contribution in [0.3, 0.4) is 0 Å². The average Bonchev–Trinajstić information content (AvgIpc) is 2.28. The van der Waals surface area contributed by atoms with Crippen LogP contribution in [0.2, 0.25) is 0 Å². The van der Waals surface area contributed by atoms with Crippen molar-refractivity contribution in [2.45, 2.75) is 32.6 Å². The van der Waals surface area contributed by atoms with Crippen LogP contribution in [-0.4, -0.2) is 42.8 Å². The monoisotopic (exact) mass is 286 g/mol. The molecule has 7 heteroatoms. The van der Waals surface area contributed by atoms with Gasteiger partial charge in [-0.2, -0.15) is 0 Å². The van der Waals surface area contributed by atoms with E-state index in [0.717, 1.165) is 0 Å². The van der Waals surface area contributed by atoms with Crippen LogP contribution in [0, 0.1) is 5.41 Å². The molecule has 0 aromatic carbocycles. The Kier molecular flexibility index (Phi) is 4.86. The molecule has 0 atom stereocenters. The lowest BCUT2D eigenvalue weighted by Crippen LogP contribution is -2.34. The summed E-state index contributed by atoms with van der Waals surface area (Å²) in [6.45, 7) is 9.02. The zero-order valence-corrected chi connectivity index (χ0v) is 13.0. The molecule has 1 heterocycles. The second kappa shape index (κ2) is 5.83. The summed E-state index contributed by atoms with van der Waals surface area (Å²) in [5.74, 6) is 0.430. The highest BCUT2D eigenvalue weighted by molar-refractivity contribution is 7.89. The minimum Gasteiger partial charge on any atom is -0.355 e. The van der Waals surface area contributed by atoms with E-state index in [1.54, 1.807) is 7.05 Å². The third-order valence-corrected chi connectivity index (χ3v) is 4.12. The summed E-state index contributed by atoms with van der Waals surface area (Å²) < 4.78 is 25.9. The average molecular weight is 286 g/mol. The number of nitrogens with one attached hydrogen (secondary N) is 1. The van der Waals surface area contributed by atoms with Gasteiger partial charge in [0.05, 0.1) is 12.4 Å². The van der Waals surface area contributed by atoms with Gasteiger partial charge in [0, 0.05) is 20.1 Å². The predicted molar refractivity (Wildman–Crippen MR) is 75.5 cm³/mol. The number of sulfonamides is 1. The van der Waals surface area contributed by atoms with Crippen molar-refractivity contribution in [3.05, 3.63) is 12.4 Å². The highest BCUT2D eigenvalue weighted by Crippen LogP contribution is 2.20. The standard InChI is InChI=1S/C12H22N4O2S/c1-6-13-11-14-7-10(8-15-11)19(17,18)16(5)9-12(2,3)4/h7-8H,6,9H2,1-5H3,(H,13,14,15). The van der Waals surface area contributed by atoms with Gasteiger partial charge in [0.15, 0.2) is 0 Å². The molecule has 0 saturated carbocycles. The zero-order chi connectivity index (χ0) is 14.7. The maximum atomic E-state index is 12.3. The molecule has 6 nitrogen and oxygen atoms in total. The molecule has 0 saturated heterocycles. The van der Waals surface area contributed by atoms with Crippen molar-refractivity contribution < 1.29 is 8.42 Å². The molecule has 0 unspecified atom stereocenters. The first kappa shape index (κ1) is 15.8. The van der Waals surface area contributed by atoms with Crippen molar-refractivity contribution in [3.8, 4) is 0 Å². The van der Waals surface area contributed by atoms with E-state index in [1.165, 1.54) is 16.7 Å². The van der Waals surface area contributed by atoms with Crippen molar-refractivity contribution in [2.24, 2.45) is 5.41 Å². The van der Waals surface area contributed by atoms with Crippen molar-refractivity contribution in [2.75, 3.05) is 25.5 Å². The fourth-order valence-corrected chi connectivity index (χ4v) is 2.92. The molecular weight excluding hydrogens is 264 g/mol. The van der Waals surface area contributed by atoms with Crippen molar-refractivity contribution >= 4 is 16.0 Å². The van der Waals surface area contributed by atoms with Gasteiger partial charge in [-0.1, -0.05) is 20.8 Å². The summed E-state index contributed by atoms with van der Waals surface area (Å²) >= 11 is 0. The first-order valence-corrected chi connectivity index (χ1v) is 7.63. The number of hydrogen-bond donors (Lipinski definition) is 1. The van der Waals surface area contributed by atoms with Gasteiger partial charge in [-0.25, -0.2) is 22.7 Å². The Hall–Kier alpha value is -1.21. The van der Waals surface area contributed by atoms with Crippen LogP contribution in [0.15, 0.2) is 17.3 Å². The molecule has 108 valence electrons. The Labute approximate surface area is 115 Å². The summed E-state index contributed by atoms with van der Waals surface area (Å²) in [7, 11) is -1.96. The minimum absolute atomic E-state index is 0.105. The zero-order valence-electron chi connectivity index (χ0n) is 12.1. The SMILES string of the molecule is CCNc1ncc(S(=O)(=O)N(C)CC(C)(C)C)cn1. The summed E-state index contributed by atoms with van der Waals surface area (Å²) in [5.41, 5.74) is -0.105. The van der Waals surface area contributed by atoms with Crippen LogP contribution in [0.1, 0.15) is 27.7 Å². The maximum absolute atomic E-state index is 12.3. The second-order valence-electron chi connectivity index (χ2n) is 5.59. The minimum atomic E-state index is -3.52. The summed E-state index contributed by atoms with van der Waals surface area (Å²) in [6, 6.07) is 0. The van der Waals surface area contributed by atoms with Crippen LogP contribution < -0.4 is 5.32 Å². The summed E-state index contributed by atoms with van der Waals surface area (Å²) in [5, 5.41) is 2.92. The molecule has 0 fully saturated rings. The van der Waals surface area contributed by atoms with E-state index in [9.17, 15) is 8.42 Å². The topological polar surface area (TPSA) is 75.2 Å². The smallest absolute Gasteiger partial charge is 0.245 e. The molecule has 0 aliphatic rings. The number of aromatic nitrogens is 2. The number of anilines is 1.